The van der Waals surface area contributed by atoms with Gasteiger partial charge in [-0.05, 0) is 103 Å². The molecule has 3 N–H and O–H groups in total. The molecule has 0 radical (unpaired) electrons. The molecule has 0 aromatic heterocycles. The fraction of sp³-hybridized carbons (Fsp3) is 0.574. The smallest absolute Gasteiger partial charge is 0.220 e. The number of carbonyl (C=O) groups excluding carboxylic acids is 1. The summed E-state index contributed by atoms with van der Waals surface area (Å²) >= 11 is 0. The van der Waals surface area contributed by atoms with Crippen LogP contribution >= 0.6 is 0 Å². The lowest BCUT2D eigenvalue weighted by molar-refractivity contribution is -0.123. The molecule has 2 unspecified atom stereocenters. The minimum Gasteiger partial charge on any atom is -0.394 e. The summed E-state index contributed by atoms with van der Waals surface area (Å²) < 4.78 is 0. The molecule has 0 bridgehead atoms. The van der Waals surface area contributed by atoms with Crippen molar-refractivity contribution in [2.75, 3.05) is 6.61 Å². The highest BCUT2D eigenvalue weighted by Crippen LogP contribution is 2.13. The molecule has 2 atom stereocenters. The molecule has 326 valence electrons. The Labute approximate surface area is 358 Å². The van der Waals surface area contributed by atoms with Gasteiger partial charge in [0.15, 0.2) is 0 Å². The largest absolute Gasteiger partial charge is 0.394 e. The minimum atomic E-state index is -0.879. The van der Waals surface area contributed by atoms with Gasteiger partial charge in [0.1, 0.15) is 0 Å². The molecule has 0 spiro atoms. The molecule has 0 aliphatic carbocycles. The first-order valence-corrected chi connectivity index (χ1v) is 23.4. The normalized spacial score (nSPS) is 14.2. The number of nitrogens with one attached hydrogen (secondary N) is 1. The number of aliphatic hydroxyl groups excluding tert-OH is 2. The van der Waals surface area contributed by atoms with E-state index in [4.69, 9.17) is 0 Å². The molecule has 0 saturated heterocycles. The Morgan fingerprint density at radius 1 is 0.431 bits per heavy atom. The van der Waals surface area contributed by atoms with Crippen molar-refractivity contribution in [3.63, 3.8) is 0 Å². The van der Waals surface area contributed by atoms with Crippen LogP contribution < -0.4 is 5.32 Å². The van der Waals surface area contributed by atoms with E-state index in [9.17, 15) is 15.0 Å². The van der Waals surface area contributed by atoms with Crippen molar-refractivity contribution in [3.05, 3.63) is 134 Å². The zero-order chi connectivity index (χ0) is 42.1. The summed E-state index contributed by atoms with van der Waals surface area (Å²) in [5.74, 6) is -0.0921. The second-order valence-electron chi connectivity index (χ2n) is 15.1. The van der Waals surface area contributed by atoms with Crippen LogP contribution in [0.15, 0.2) is 134 Å². The lowest BCUT2D eigenvalue weighted by Crippen LogP contribution is -2.45. The first kappa shape index (κ1) is 54.5. The summed E-state index contributed by atoms with van der Waals surface area (Å²) in [7, 11) is 0. The highest BCUT2D eigenvalue weighted by atomic mass is 16.3. The molecule has 0 rings (SSSR count). The number of carbonyl (C=O) groups is 1. The predicted molar refractivity (Wildman–Crippen MR) is 257 cm³/mol. The van der Waals surface area contributed by atoms with E-state index in [0.717, 1.165) is 103 Å². The lowest BCUT2D eigenvalue weighted by Gasteiger charge is -2.19. The molecule has 4 nitrogen and oxygen atoms in total. The number of hydrogen-bond acceptors (Lipinski definition) is 3. The molecule has 0 aromatic rings. The highest BCUT2D eigenvalue weighted by molar-refractivity contribution is 5.76. The zero-order valence-corrected chi connectivity index (χ0v) is 37.3. The van der Waals surface area contributed by atoms with Crippen molar-refractivity contribution in [1.82, 2.24) is 5.32 Å². The molecule has 0 saturated carbocycles. The van der Waals surface area contributed by atoms with Crippen LogP contribution in [0, 0.1) is 0 Å². The van der Waals surface area contributed by atoms with E-state index in [2.05, 4.69) is 141 Å². The van der Waals surface area contributed by atoms with E-state index in [1.807, 2.05) is 6.08 Å². The number of rotatable bonds is 40. The monoisotopic (exact) mass is 798 g/mol. The van der Waals surface area contributed by atoms with Crippen molar-refractivity contribution in [2.24, 2.45) is 0 Å². The Kier molecular flexibility index (Phi) is 45.0. The van der Waals surface area contributed by atoms with Gasteiger partial charge in [-0.15, -0.1) is 0 Å². The topological polar surface area (TPSA) is 69.6 Å². The fourth-order valence-corrected chi connectivity index (χ4v) is 6.05. The number of hydrogen-bond donors (Lipinski definition) is 3. The van der Waals surface area contributed by atoms with E-state index < -0.39 is 12.1 Å². The molecule has 58 heavy (non-hydrogen) atoms. The van der Waals surface area contributed by atoms with Crippen LogP contribution in [0.3, 0.4) is 0 Å². The van der Waals surface area contributed by atoms with E-state index in [1.165, 1.54) is 57.8 Å². The van der Waals surface area contributed by atoms with E-state index in [-0.39, 0.29) is 12.5 Å². The zero-order valence-electron chi connectivity index (χ0n) is 37.3. The van der Waals surface area contributed by atoms with Crippen LogP contribution in [-0.4, -0.2) is 34.9 Å². The Bertz CT molecular complexity index is 1220. The Balaban J connectivity index is 3.64. The van der Waals surface area contributed by atoms with Gasteiger partial charge in [-0.1, -0.05) is 205 Å². The third-order valence-electron chi connectivity index (χ3n) is 9.58. The Hall–Kier alpha value is -3.47. The molecular formula is C54H87NO3. The molecule has 0 aromatic carbocycles. The van der Waals surface area contributed by atoms with Gasteiger partial charge >= 0.3 is 0 Å². The summed E-state index contributed by atoms with van der Waals surface area (Å²) in [6, 6.07) is -0.655. The summed E-state index contributed by atoms with van der Waals surface area (Å²) in [6.45, 7) is 4.08. The molecule has 0 fully saturated rings. The Morgan fingerprint density at radius 2 is 0.776 bits per heavy atom. The van der Waals surface area contributed by atoms with Crippen molar-refractivity contribution in [3.8, 4) is 0 Å². The predicted octanol–water partition coefficient (Wildman–Crippen LogP) is 15.1. The van der Waals surface area contributed by atoms with Crippen LogP contribution in [-0.2, 0) is 4.79 Å². The summed E-state index contributed by atoms with van der Waals surface area (Å²) in [6.07, 6.45) is 75.7. The molecule has 4 heteroatoms. The second-order valence-corrected chi connectivity index (χ2v) is 15.1. The number of amides is 1. The number of unbranched alkanes of at least 4 members (excludes halogenated alkanes) is 13. The molecule has 0 heterocycles. The van der Waals surface area contributed by atoms with Crippen molar-refractivity contribution in [2.45, 2.75) is 193 Å². The standard InChI is InChI=1S/C54H87NO3/c1-3-5-7-9-11-13-15-16-17-18-19-20-21-22-23-24-25-26-27-28-29-30-31-32-33-34-35-36-37-38-40-42-44-46-48-50-54(58)55-52(51-56)53(57)49-47-45-43-41-39-14-12-10-8-6-4-2/h5,7-8,10-11,13,16-17,19-20,22-23,25-26,28-29,31-32,39,41,47,49,52-53,56-57H,3-4,6,9,12,14-15,18,21,24,27,30,33-38,40,42-46,48,50-51H2,1-2H3,(H,55,58)/b7-5-,10-8+,13-11-,17-16-,20-19-,23-22-,26-25-,29-28-,32-31-,41-39+,49-47+. The van der Waals surface area contributed by atoms with E-state index in [0.29, 0.717) is 6.42 Å². The third-order valence-corrected chi connectivity index (χ3v) is 9.58. The van der Waals surface area contributed by atoms with E-state index in [1.54, 1.807) is 6.08 Å². The number of allylic oxidation sites excluding steroid dienone is 21. The van der Waals surface area contributed by atoms with Gasteiger partial charge in [-0.2, -0.15) is 0 Å². The molecule has 1 amide bonds. The Morgan fingerprint density at radius 3 is 1.19 bits per heavy atom. The third kappa shape index (κ3) is 43.6. The van der Waals surface area contributed by atoms with Gasteiger partial charge in [0.05, 0.1) is 18.8 Å². The van der Waals surface area contributed by atoms with Crippen LogP contribution in [0.2, 0.25) is 0 Å². The maximum absolute atomic E-state index is 12.4. The van der Waals surface area contributed by atoms with Crippen LogP contribution in [0.25, 0.3) is 0 Å². The number of aliphatic hydroxyl groups is 2. The van der Waals surface area contributed by atoms with Crippen molar-refractivity contribution >= 4 is 5.91 Å². The van der Waals surface area contributed by atoms with Crippen LogP contribution in [0.1, 0.15) is 181 Å². The first-order chi connectivity index (χ1) is 28.7. The maximum atomic E-state index is 12.4. The minimum absolute atomic E-state index is 0.0921. The first-order valence-electron chi connectivity index (χ1n) is 23.4. The average Bonchev–Trinajstić information content (AvgIpc) is 3.23. The van der Waals surface area contributed by atoms with Crippen LogP contribution in [0.5, 0.6) is 0 Å². The van der Waals surface area contributed by atoms with Gasteiger partial charge < -0.3 is 15.5 Å². The van der Waals surface area contributed by atoms with Crippen LogP contribution in [0.4, 0.5) is 0 Å². The second kappa shape index (κ2) is 47.9. The summed E-state index contributed by atoms with van der Waals surface area (Å²) in [4.78, 5) is 12.4. The van der Waals surface area contributed by atoms with Gasteiger partial charge in [0, 0.05) is 6.42 Å². The summed E-state index contributed by atoms with van der Waals surface area (Å²) in [5.41, 5.74) is 0. The van der Waals surface area contributed by atoms with E-state index >= 15 is 0 Å². The highest BCUT2D eigenvalue weighted by Gasteiger charge is 2.17. The fourth-order valence-electron chi connectivity index (χ4n) is 6.05. The average molecular weight is 798 g/mol. The SMILES string of the molecule is CC/C=C\C/C=C\C/C=C\C/C=C\C/C=C\C/C=C\C/C=C\C/C=C\CCCCCCCCCCCCC(=O)NC(CO)C(O)/C=C/CC/C=C/CC/C=C/CCC. The van der Waals surface area contributed by atoms with Gasteiger partial charge in [0.2, 0.25) is 5.91 Å². The quantitative estimate of drug-likeness (QED) is 0.0427. The van der Waals surface area contributed by atoms with Crippen molar-refractivity contribution < 1.29 is 15.0 Å². The van der Waals surface area contributed by atoms with Gasteiger partial charge in [-0.25, -0.2) is 0 Å². The lowest BCUT2D eigenvalue weighted by atomic mass is 10.0. The van der Waals surface area contributed by atoms with Gasteiger partial charge in [-0.3, -0.25) is 4.79 Å². The van der Waals surface area contributed by atoms with Gasteiger partial charge in [0.25, 0.3) is 0 Å². The van der Waals surface area contributed by atoms with Crippen molar-refractivity contribution in [1.29, 1.82) is 0 Å². The molecule has 0 aliphatic heterocycles. The molecular weight excluding hydrogens is 711 g/mol. The molecule has 0 aliphatic rings. The maximum Gasteiger partial charge on any atom is 0.220 e. The summed E-state index contributed by atoms with van der Waals surface area (Å²) in [5, 5.41) is 22.9.